The quantitative estimate of drug-likeness (QED) is 0.761. The van der Waals surface area contributed by atoms with Gasteiger partial charge in [0.15, 0.2) is 0 Å². The first-order chi connectivity index (χ1) is 5.15. The maximum atomic E-state index is 5.71. The van der Waals surface area contributed by atoms with Crippen LogP contribution in [-0.4, -0.2) is 12.1 Å². The van der Waals surface area contributed by atoms with Crippen molar-refractivity contribution in [2.75, 3.05) is 12.8 Å². The summed E-state index contributed by atoms with van der Waals surface area (Å²) in [5.74, 6) is 0.368. The van der Waals surface area contributed by atoms with Crippen LogP contribution in [0, 0.1) is 0 Å². The van der Waals surface area contributed by atoms with Gasteiger partial charge in [-0.05, 0) is 22.0 Å². The van der Waals surface area contributed by atoms with E-state index in [1.807, 2.05) is 0 Å². The fourth-order valence-corrected chi connectivity index (χ4v) is 1.12. The van der Waals surface area contributed by atoms with Gasteiger partial charge in [-0.2, -0.15) is 0 Å². The highest BCUT2D eigenvalue weighted by atomic mass is 79.9. The molecule has 3 nitrogen and oxygen atoms in total. The number of nitrogens with two attached hydrogens (primary N) is 1. The van der Waals surface area contributed by atoms with Gasteiger partial charge in [-0.15, -0.1) is 0 Å². The number of rotatable bonds is 1. The number of anilines is 1. The van der Waals surface area contributed by atoms with E-state index in [-0.39, 0.29) is 0 Å². The summed E-state index contributed by atoms with van der Waals surface area (Å²) in [4.78, 5) is 3.93. The molecular formula is C6H6BrClN2O. The third kappa shape index (κ3) is 1.75. The number of halogens is 2. The van der Waals surface area contributed by atoms with Crippen LogP contribution in [0.15, 0.2) is 10.7 Å². The molecule has 1 aromatic rings. The molecule has 0 radical (unpaired) electrons. The number of hydrogen-bond acceptors (Lipinski definition) is 3. The van der Waals surface area contributed by atoms with Gasteiger partial charge in [0.1, 0.15) is 9.63 Å². The topological polar surface area (TPSA) is 48.1 Å². The number of nitrogen functional groups attached to an aromatic ring is 1. The zero-order chi connectivity index (χ0) is 8.43. The Morgan fingerprint density at radius 2 is 2.36 bits per heavy atom. The highest BCUT2D eigenvalue weighted by molar-refractivity contribution is 9.10. The lowest BCUT2D eigenvalue weighted by molar-refractivity contribution is 0.397. The predicted octanol–water partition coefficient (Wildman–Crippen LogP) is 2.09. The van der Waals surface area contributed by atoms with Gasteiger partial charge in [-0.25, -0.2) is 4.98 Å². The summed E-state index contributed by atoms with van der Waals surface area (Å²) in [5.41, 5.74) is 5.99. The molecule has 1 aromatic heterocycles. The van der Waals surface area contributed by atoms with Crippen molar-refractivity contribution in [3.8, 4) is 5.88 Å². The van der Waals surface area contributed by atoms with E-state index in [9.17, 15) is 0 Å². The summed E-state index contributed by atoms with van der Waals surface area (Å²) in [5, 5.41) is 0.410. The van der Waals surface area contributed by atoms with E-state index >= 15 is 0 Å². The van der Waals surface area contributed by atoms with Crippen molar-refractivity contribution in [1.29, 1.82) is 0 Å². The van der Waals surface area contributed by atoms with Crippen LogP contribution in [0.5, 0.6) is 5.88 Å². The molecule has 0 atom stereocenters. The molecule has 0 spiro atoms. The molecular weight excluding hydrogens is 231 g/mol. The average molecular weight is 237 g/mol. The van der Waals surface area contributed by atoms with Crippen molar-refractivity contribution < 1.29 is 4.74 Å². The van der Waals surface area contributed by atoms with Gasteiger partial charge in [0.2, 0.25) is 5.88 Å². The lowest BCUT2D eigenvalue weighted by Crippen LogP contribution is -1.93. The Bertz CT molecular complexity index is 280. The standard InChI is InChI=1S/C6H6BrClN2O/c1-11-6-3(8)2-4(9)5(7)10-6/h2H,9H2,1H3. The molecule has 5 heteroatoms. The summed E-state index contributed by atoms with van der Waals surface area (Å²) in [6, 6.07) is 1.58. The highest BCUT2D eigenvalue weighted by Gasteiger charge is 2.05. The monoisotopic (exact) mass is 236 g/mol. The Morgan fingerprint density at radius 1 is 1.73 bits per heavy atom. The molecule has 0 fully saturated rings. The van der Waals surface area contributed by atoms with E-state index in [4.69, 9.17) is 22.1 Å². The third-order valence-electron chi connectivity index (χ3n) is 1.12. The molecule has 0 aliphatic rings. The van der Waals surface area contributed by atoms with Crippen molar-refractivity contribution in [2.24, 2.45) is 0 Å². The second kappa shape index (κ2) is 3.28. The number of aromatic nitrogens is 1. The average Bonchev–Trinajstić information content (AvgIpc) is 1.97. The van der Waals surface area contributed by atoms with Crippen molar-refractivity contribution in [3.63, 3.8) is 0 Å². The van der Waals surface area contributed by atoms with Crippen LogP contribution in [-0.2, 0) is 0 Å². The number of hydrogen-bond donors (Lipinski definition) is 1. The zero-order valence-corrected chi connectivity index (χ0v) is 8.11. The lowest BCUT2D eigenvalue weighted by atomic mass is 10.4. The first kappa shape index (κ1) is 8.62. The maximum absolute atomic E-state index is 5.71. The SMILES string of the molecule is COc1nc(Br)c(N)cc1Cl. The van der Waals surface area contributed by atoms with Crippen LogP contribution in [0.3, 0.4) is 0 Å². The van der Waals surface area contributed by atoms with E-state index in [0.717, 1.165) is 0 Å². The largest absolute Gasteiger partial charge is 0.480 e. The fourth-order valence-electron chi connectivity index (χ4n) is 0.608. The van der Waals surface area contributed by atoms with Crippen LogP contribution in [0.4, 0.5) is 5.69 Å². The van der Waals surface area contributed by atoms with Gasteiger partial charge in [0, 0.05) is 0 Å². The molecule has 60 valence electrons. The van der Waals surface area contributed by atoms with Crippen molar-refractivity contribution in [3.05, 3.63) is 15.7 Å². The zero-order valence-electron chi connectivity index (χ0n) is 5.77. The molecule has 0 saturated heterocycles. The molecule has 0 aromatic carbocycles. The van der Waals surface area contributed by atoms with Gasteiger partial charge in [0.05, 0.1) is 12.8 Å². The van der Waals surface area contributed by atoms with Gasteiger partial charge < -0.3 is 10.5 Å². The Labute approximate surface area is 77.6 Å². The normalized spacial score (nSPS) is 9.73. The maximum Gasteiger partial charge on any atom is 0.233 e. The van der Waals surface area contributed by atoms with Crippen molar-refractivity contribution in [1.82, 2.24) is 4.98 Å². The molecule has 0 unspecified atom stereocenters. The Hall–Kier alpha value is -0.480. The van der Waals surface area contributed by atoms with Crippen molar-refractivity contribution >= 4 is 33.2 Å². The lowest BCUT2D eigenvalue weighted by Gasteiger charge is -2.03. The minimum Gasteiger partial charge on any atom is -0.480 e. The molecule has 11 heavy (non-hydrogen) atoms. The van der Waals surface area contributed by atoms with Crippen LogP contribution in [0.1, 0.15) is 0 Å². The van der Waals surface area contributed by atoms with E-state index in [0.29, 0.717) is 21.2 Å². The Morgan fingerprint density at radius 3 is 2.91 bits per heavy atom. The Balaban J connectivity index is 3.21. The Kier molecular flexibility index (Phi) is 2.57. The van der Waals surface area contributed by atoms with E-state index in [1.165, 1.54) is 7.11 Å². The molecule has 0 aliphatic carbocycles. The first-order valence-electron chi connectivity index (χ1n) is 2.80. The summed E-state index contributed by atoms with van der Waals surface area (Å²) >= 11 is 8.86. The summed E-state index contributed by atoms with van der Waals surface area (Å²) < 4.78 is 5.39. The van der Waals surface area contributed by atoms with Gasteiger partial charge in [0.25, 0.3) is 0 Å². The summed E-state index contributed by atoms with van der Waals surface area (Å²) in [6.07, 6.45) is 0. The van der Waals surface area contributed by atoms with Gasteiger partial charge in [-0.1, -0.05) is 11.6 Å². The summed E-state index contributed by atoms with van der Waals surface area (Å²) in [6.45, 7) is 0. The molecule has 0 amide bonds. The third-order valence-corrected chi connectivity index (χ3v) is 2.02. The smallest absolute Gasteiger partial charge is 0.233 e. The van der Waals surface area contributed by atoms with E-state index in [1.54, 1.807) is 6.07 Å². The first-order valence-corrected chi connectivity index (χ1v) is 3.97. The molecule has 0 aliphatic heterocycles. The molecule has 2 N–H and O–H groups in total. The van der Waals surface area contributed by atoms with Crippen LogP contribution >= 0.6 is 27.5 Å². The van der Waals surface area contributed by atoms with Gasteiger partial charge >= 0.3 is 0 Å². The van der Waals surface area contributed by atoms with Gasteiger partial charge in [-0.3, -0.25) is 0 Å². The van der Waals surface area contributed by atoms with Crippen LogP contribution in [0.2, 0.25) is 5.02 Å². The van der Waals surface area contributed by atoms with Crippen LogP contribution in [0.25, 0.3) is 0 Å². The number of methoxy groups -OCH3 is 1. The minimum atomic E-state index is 0.368. The number of nitrogens with zero attached hydrogens (tertiary/aromatic N) is 1. The predicted molar refractivity (Wildman–Crippen MR) is 47.9 cm³/mol. The van der Waals surface area contributed by atoms with E-state index in [2.05, 4.69) is 20.9 Å². The molecule has 1 heterocycles. The van der Waals surface area contributed by atoms with Crippen LogP contribution < -0.4 is 10.5 Å². The van der Waals surface area contributed by atoms with Crippen molar-refractivity contribution in [2.45, 2.75) is 0 Å². The minimum absolute atomic E-state index is 0.368. The summed E-state index contributed by atoms with van der Waals surface area (Å²) in [7, 11) is 1.50. The second-order valence-corrected chi connectivity index (χ2v) is 3.02. The molecule has 0 bridgehead atoms. The molecule has 0 saturated carbocycles. The number of pyridine rings is 1. The van der Waals surface area contributed by atoms with E-state index < -0.39 is 0 Å². The highest BCUT2D eigenvalue weighted by Crippen LogP contribution is 2.28. The molecule has 1 rings (SSSR count). The fraction of sp³-hybridized carbons (Fsp3) is 0.167. The number of ether oxygens (including phenoxy) is 1. The second-order valence-electron chi connectivity index (χ2n) is 1.86.